The zero-order chi connectivity index (χ0) is 21.9. The van der Waals surface area contributed by atoms with Gasteiger partial charge in [0.2, 0.25) is 15.0 Å². The first-order chi connectivity index (χ1) is 14.2. The molecule has 0 bridgehead atoms. The number of aromatic nitrogens is 2. The van der Waals surface area contributed by atoms with Crippen molar-refractivity contribution in [2.45, 2.75) is 24.3 Å². The fourth-order valence-corrected chi connectivity index (χ4v) is 4.16. The molecule has 1 aromatic carbocycles. The van der Waals surface area contributed by atoms with Gasteiger partial charge in [0.05, 0.1) is 5.25 Å². The van der Waals surface area contributed by atoms with E-state index >= 15 is 0 Å². The van der Waals surface area contributed by atoms with E-state index in [9.17, 15) is 18.5 Å². The summed E-state index contributed by atoms with van der Waals surface area (Å²) in [5.41, 5.74) is 0.503. The van der Waals surface area contributed by atoms with E-state index in [1.165, 1.54) is 19.9 Å². The van der Waals surface area contributed by atoms with Crippen molar-refractivity contribution in [3.05, 3.63) is 52.8 Å². The number of sulfone groups is 1. The minimum Gasteiger partial charge on any atom is -0.457 e. The zero-order valence-corrected chi connectivity index (χ0v) is 18.2. The van der Waals surface area contributed by atoms with Crippen LogP contribution in [0.1, 0.15) is 19.6 Å². The van der Waals surface area contributed by atoms with Gasteiger partial charge in [-0.15, -0.1) is 0 Å². The molecule has 30 heavy (non-hydrogen) atoms. The Bertz CT molecular complexity index is 1270. The number of nitriles is 1. The minimum absolute atomic E-state index is 0.0283. The average molecular weight is 463 g/mol. The lowest BCUT2D eigenvalue weighted by Gasteiger charge is -2.02. The van der Waals surface area contributed by atoms with Crippen LogP contribution < -0.4 is 5.32 Å². The number of furan rings is 1. The molecule has 11 heteroatoms. The quantitative estimate of drug-likeness (QED) is 0.430. The molecule has 0 fully saturated rings. The first-order valence-electron chi connectivity index (χ1n) is 8.57. The smallest absolute Gasteiger partial charge is 0.268 e. The second kappa shape index (κ2) is 8.79. The van der Waals surface area contributed by atoms with Gasteiger partial charge in [-0.25, -0.2) is 8.42 Å². The van der Waals surface area contributed by atoms with Crippen LogP contribution in [0.4, 0.5) is 5.13 Å². The van der Waals surface area contributed by atoms with E-state index in [2.05, 4.69) is 14.7 Å². The van der Waals surface area contributed by atoms with Crippen LogP contribution in [0.5, 0.6) is 0 Å². The van der Waals surface area contributed by atoms with Crippen molar-refractivity contribution in [2.24, 2.45) is 0 Å². The highest BCUT2D eigenvalue weighted by atomic mass is 35.5. The van der Waals surface area contributed by atoms with Crippen LogP contribution in [-0.2, 0) is 14.6 Å². The average Bonchev–Trinajstić information content (AvgIpc) is 3.35. The molecule has 3 rings (SSSR count). The highest BCUT2D eigenvalue weighted by Crippen LogP contribution is 2.26. The number of carbonyl (C=O) groups is 1. The van der Waals surface area contributed by atoms with Gasteiger partial charge in [0.25, 0.3) is 11.1 Å². The predicted octanol–water partition coefficient (Wildman–Crippen LogP) is 4.18. The lowest BCUT2D eigenvalue weighted by Crippen LogP contribution is -2.16. The molecule has 0 unspecified atom stereocenters. The molecule has 154 valence electrons. The molecule has 0 saturated heterocycles. The maximum absolute atomic E-state index is 12.4. The van der Waals surface area contributed by atoms with E-state index in [4.69, 9.17) is 16.0 Å². The Balaban J connectivity index is 1.78. The molecule has 1 N–H and O–H groups in total. The molecule has 2 aromatic heterocycles. The summed E-state index contributed by atoms with van der Waals surface area (Å²) >= 11 is 6.69. The zero-order valence-electron chi connectivity index (χ0n) is 15.8. The number of halogens is 1. The molecule has 0 atom stereocenters. The Hall–Kier alpha value is -3.00. The lowest BCUT2D eigenvalue weighted by molar-refractivity contribution is -0.112. The van der Waals surface area contributed by atoms with Crippen molar-refractivity contribution in [1.82, 2.24) is 9.36 Å². The van der Waals surface area contributed by atoms with Gasteiger partial charge < -0.3 is 4.42 Å². The van der Waals surface area contributed by atoms with Crippen LogP contribution in [0.25, 0.3) is 17.4 Å². The number of hydrogen-bond acceptors (Lipinski definition) is 8. The summed E-state index contributed by atoms with van der Waals surface area (Å²) in [7, 11) is -3.66. The second-order valence-corrected chi connectivity index (χ2v) is 9.90. The van der Waals surface area contributed by atoms with Crippen LogP contribution in [0.15, 0.2) is 51.5 Å². The van der Waals surface area contributed by atoms with E-state index in [-0.39, 0.29) is 21.6 Å². The van der Waals surface area contributed by atoms with Crippen LogP contribution in [0.3, 0.4) is 0 Å². The summed E-state index contributed by atoms with van der Waals surface area (Å²) in [4.78, 5) is 16.2. The Labute approximate surface area is 181 Å². The number of anilines is 1. The molecule has 0 spiro atoms. The summed E-state index contributed by atoms with van der Waals surface area (Å²) in [5, 5.41) is 11.2. The highest BCUT2D eigenvalue weighted by Gasteiger charge is 2.25. The molecular weight excluding hydrogens is 448 g/mol. The largest absolute Gasteiger partial charge is 0.457 e. The van der Waals surface area contributed by atoms with Crippen molar-refractivity contribution in [1.29, 1.82) is 5.26 Å². The maximum Gasteiger partial charge on any atom is 0.268 e. The van der Waals surface area contributed by atoms with Gasteiger partial charge in [0, 0.05) is 28.2 Å². The van der Waals surface area contributed by atoms with Crippen molar-refractivity contribution in [3.8, 4) is 17.4 Å². The van der Waals surface area contributed by atoms with Crippen molar-refractivity contribution >= 4 is 50.1 Å². The number of rotatable bonds is 6. The topological polar surface area (TPSA) is 126 Å². The minimum atomic E-state index is -3.66. The Morgan fingerprint density at radius 3 is 2.77 bits per heavy atom. The van der Waals surface area contributed by atoms with Gasteiger partial charge in [-0.1, -0.05) is 23.7 Å². The number of nitrogens with zero attached hydrogens (tertiary/aromatic N) is 3. The van der Waals surface area contributed by atoms with Gasteiger partial charge in [0.1, 0.15) is 23.2 Å². The third-order valence-electron chi connectivity index (χ3n) is 3.89. The van der Waals surface area contributed by atoms with Crippen LogP contribution in [0.2, 0.25) is 5.02 Å². The summed E-state index contributed by atoms with van der Waals surface area (Å²) < 4.78 is 33.6. The van der Waals surface area contributed by atoms with Gasteiger partial charge in [-0.05, 0) is 38.1 Å². The first kappa shape index (κ1) is 21.7. The maximum atomic E-state index is 12.4. The second-order valence-electron chi connectivity index (χ2n) is 6.31. The molecular formula is C19H15ClN4O4S2. The van der Waals surface area contributed by atoms with E-state index in [0.29, 0.717) is 22.3 Å². The van der Waals surface area contributed by atoms with E-state index < -0.39 is 21.0 Å². The first-order valence-corrected chi connectivity index (χ1v) is 11.3. The van der Waals surface area contributed by atoms with Crippen LogP contribution in [0, 0.1) is 11.3 Å². The van der Waals surface area contributed by atoms with Crippen molar-refractivity contribution in [3.63, 3.8) is 0 Å². The molecule has 1 amide bonds. The van der Waals surface area contributed by atoms with Crippen LogP contribution in [-0.4, -0.2) is 28.9 Å². The number of hydrogen-bond donors (Lipinski definition) is 1. The van der Waals surface area contributed by atoms with Crippen molar-refractivity contribution in [2.75, 3.05) is 5.32 Å². The van der Waals surface area contributed by atoms with E-state index in [1.807, 2.05) is 6.07 Å². The SMILES string of the molecule is CC(C)S(=O)(=O)c1nsc(NC(=O)/C(C#N)=C\c2ccc(-c3cccc(Cl)c3)o2)n1. The molecule has 0 radical (unpaired) electrons. The number of benzene rings is 1. The van der Waals surface area contributed by atoms with E-state index in [0.717, 1.165) is 5.56 Å². The van der Waals surface area contributed by atoms with E-state index in [1.54, 1.807) is 36.4 Å². The number of carbonyl (C=O) groups excluding carboxylic acids is 1. The van der Waals surface area contributed by atoms with Gasteiger partial charge in [0.15, 0.2) is 0 Å². The third-order valence-corrected chi connectivity index (χ3v) is 6.80. The van der Waals surface area contributed by atoms with Gasteiger partial charge in [-0.2, -0.15) is 14.6 Å². The molecule has 2 heterocycles. The number of nitrogens with one attached hydrogen (secondary N) is 1. The summed E-state index contributed by atoms with van der Waals surface area (Å²) in [6.07, 6.45) is 1.27. The molecule has 0 saturated carbocycles. The fourth-order valence-electron chi connectivity index (χ4n) is 2.27. The fraction of sp³-hybridized carbons (Fsp3) is 0.158. The third kappa shape index (κ3) is 4.76. The van der Waals surface area contributed by atoms with Crippen molar-refractivity contribution < 1.29 is 17.6 Å². The number of amides is 1. The van der Waals surface area contributed by atoms with Gasteiger partial charge in [-0.3, -0.25) is 10.1 Å². The molecule has 8 nitrogen and oxygen atoms in total. The molecule has 0 aliphatic rings. The standard InChI is InChI=1S/C19H15ClN4O4S2/c1-11(2)30(26,27)19-23-18(29-24-19)22-17(25)13(10-21)9-15-6-7-16(28-15)12-4-3-5-14(20)8-12/h3-9,11H,1-2H3,(H,22,23,24,25)/b13-9-. The highest BCUT2D eigenvalue weighted by molar-refractivity contribution is 7.91. The molecule has 0 aliphatic heterocycles. The summed E-state index contributed by atoms with van der Waals surface area (Å²) in [6, 6.07) is 12.1. The normalized spacial score (nSPS) is 12.0. The Kier molecular flexibility index (Phi) is 6.36. The summed E-state index contributed by atoms with van der Waals surface area (Å²) in [5.74, 6) is 0.0500. The monoisotopic (exact) mass is 462 g/mol. The molecule has 3 aromatic rings. The van der Waals surface area contributed by atoms with Gasteiger partial charge >= 0.3 is 0 Å². The Morgan fingerprint density at radius 1 is 1.33 bits per heavy atom. The predicted molar refractivity (Wildman–Crippen MR) is 114 cm³/mol. The Morgan fingerprint density at radius 2 is 2.10 bits per heavy atom. The van der Waals surface area contributed by atoms with Crippen LogP contribution >= 0.6 is 23.1 Å². The lowest BCUT2D eigenvalue weighted by atomic mass is 10.2. The summed E-state index contributed by atoms with van der Waals surface area (Å²) in [6.45, 7) is 3.01. The molecule has 0 aliphatic carbocycles.